The number of fused-ring (bicyclic) bond motifs is 5. The van der Waals surface area contributed by atoms with Gasteiger partial charge in [-0.3, -0.25) is 0 Å². The first-order valence-corrected chi connectivity index (χ1v) is 8.61. The molecule has 3 saturated carbocycles. The average Bonchev–Trinajstić information content (AvgIpc) is 2.59. The van der Waals surface area contributed by atoms with Gasteiger partial charge in [0.25, 0.3) is 0 Å². The number of hydrogen-bond donors (Lipinski definition) is 0. The lowest BCUT2D eigenvalue weighted by Crippen LogP contribution is -2.04. The fraction of sp³-hybridized carbons (Fsp3) is 0.714. The normalized spacial score (nSPS) is 43.8. The maximum Gasteiger partial charge on any atom is 0.0704 e. The first kappa shape index (κ1) is 11.3. The Kier molecular flexibility index (Phi) is 2.49. The molecule has 4 rings (SSSR count). The highest BCUT2D eigenvalue weighted by atomic mass is 79.9. The van der Waals surface area contributed by atoms with Gasteiger partial charge in [-0.15, -0.1) is 22.9 Å². The smallest absolute Gasteiger partial charge is 0.0704 e. The van der Waals surface area contributed by atoms with Gasteiger partial charge in [-0.2, -0.15) is 0 Å². The summed E-state index contributed by atoms with van der Waals surface area (Å²) in [5.41, 5.74) is 1.39. The highest BCUT2D eigenvalue weighted by Gasteiger charge is 2.66. The van der Waals surface area contributed by atoms with Crippen molar-refractivity contribution in [2.45, 2.75) is 31.6 Å². The summed E-state index contributed by atoms with van der Waals surface area (Å²) in [7, 11) is 0. The Bertz CT molecular complexity index is 453. The average molecular weight is 332 g/mol. The van der Waals surface area contributed by atoms with Gasteiger partial charge in [0.2, 0.25) is 0 Å². The molecule has 3 aliphatic rings. The van der Waals surface area contributed by atoms with Gasteiger partial charge in [0.15, 0.2) is 0 Å². The zero-order valence-electron chi connectivity index (χ0n) is 9.83. The second-order valence-electron chi connectivity index (χ2n) is 6.03. The third kappa shape index (κ3) is 1.53. The van der Waals surface area contributed by atoms with Crippen molar-refractivity contribution in [1.29, 1.82) is 0 Å². The number of aryl methyl sites for hydroxylation is 1. The van der Waals surface area contributed by atoms with Crippen molar-refractivity contribution in [3.05, 3.63) is 20.3 Å². The van der Waals surface area contributed by atoms with Crippen molar-refractivity contribution in [3.63, 3.8) is 0 Å². The van der Waals surface area contributed by atoms with E-state index in [1.165, 1.54) is 33.5 Å². The van der Waals surface area contributed by atoms with E-state index >= 15 is 0 Å². The van der Waals surface area contributed by atoms with Gasteiger partial charge >= 0.3 is 0 Å². The van der Waals surface area contributed by atoms with E-state index in [2.05, 4.69) is 28.9 Å². The van der Waals surface area contributed by atoms with Gasteiger partial charge < -0.3 is 0 Å². The van der Waals surface area contributed by atoms with Crippen LogP contribution in [0.1, 0.15) is 35.1 Å². The molecule has 1 aromatic heterocycles. The zero-order valence-corrected chi connectivity index (χ0v) is 13.0. The Balaban J connectivity index is 1.59. The molecular formula is C14H16BrClS. The number of rotatable bonds is 2. The third-order valence-electron chi connectivity index (χ3n) is 5.36. The van der Waals surface area contributed by atoms with Crippen LogP contribution < -0.4 is 0 Å². The molecule has 5 atom stereocenters. The molecule has 3 aliphatic carbocycles. The van der Waals surface area contributed by atoms with Crippen LogP contribution >= 0.6 is 38.9 Å². The Labute approximate surface area is 120 Å². The molecule has 1 aromatic rings. The van der Waals surface area contributed by atoms with E-state index in [0.717, 1.165) is 29.6 Å². The minimum absolute atomic E-state index is 0.274. The second-order valence-corrected chi connectivity index (χ2v) is 9.13. The van der Waals surface area contributed by atoms with Gasteiger partial charge in [-0.05, 0) is 83.3 Å². The largest absolute Gasteiger partial charge is 0.133 e. The van der Waals surface area contributed by atoms with Gasteiger partial charge in [-0.1, -0.05) is 0 Å². The topological polar surface area (TPSA) is 0 Å². The lowest BCUT2D eigenvalue weighted by molar-refractivity contribution is 0.455. The molecule has 0 amide bonds. The molecule has 3 fully saturated rings. The van der Waals surface area contributed by atoms with Gasteiger partial charge in [0.1, 0.15) is 0 Å². The molecule has 0 aliphatic heterocycles. The number of hydrogen-bond acceptors (Lipinski definition) is 1. The summed E-state index contributed by atoms with van der Waals surface area (Å²) in [5.74, 6) is 4.81. The summed E-state index contributed by atoms with van der Waals surface area (Å²) in [6, 6.07) is 2.24. The van der Waals surface area contributed by atoms with Crippen LogP contribution in [0.25, 0.3) is 0 Å². The number of halogens is 2. The predicted octanol–water partition coefficient (Wildman–Crippen LogP) is 5.39. The van der Waals surface area contributed by atoms with Crippen LogP contribution in [0.4, 0.5) is 0 Å². The molecule has 1 heterocycles. The molecule has 17 heavy (non-hydrogen) atoms. The highest BCUT2D eigenvalue weighted by Crippen LogP contribution is 2.73. The second kappa shape index (κ2) is 3.74. The van der Waals surface area contributed by atoms with E-state index in [-0.39, 0.29) is 5.38 Å². The lowest BCUT2D eigenvalue weighted by Gasteiger charge is -2.14. The monoisotopic (exact) mass is 330 g/mol. The zero-order chi connectivity index (χ0) is 11.7. The van der Waals surface area contributed by atoms with Crippen LogP contribution in [0.2, 0.25) is 0 Å². The van der Waals surface area contributed by atoms with Crippen molar-refractivity contribution in [3.8, 4) is 0 Å². The summed E-state index contributed by atoms with van der Waals surface area (Å²) in [6.07, 6.45) is 4.48. The molecule has 0 spiro atoms. The third-order valence-corrected chi connectivity index (χ3v) is 7.45. The van der Waals surface area contributed by atoms with Crippen LogP contribution in [-0.4, -0.2) is 0 Å². The van der Waals surface area contributed by atoms with Crippen LogP contribution in [0.3, 0.4) is 0 Å². The molecule has 92 valence electrons. The molecule has 5 unspecified atom stereocenters. The SMILES string of the molecule is Cc1sc(Br)cc1C(Cl)C1C2C3CCC(C3)C21. The van der Waals surface area contributed by atoms with Gasteiger partial charge in [-0.25, -0.2) is 0 Å². The van der Waals surface area contributed by atoms with Crippen LogP contribution in [0.5, 0.6) is 0 Å². The number of thiophene rings is 1. The van der Waals surface area contributed by atoms with E-state index in [1.807, 2.05) is 11.3 Å². The summed E-state index contributed by atoms with van der Waals surface area (Å²) in [4.78, 5) is 1.40. The van der Waals surface area contributed by atoms with Crippen molar-refractivity contribution in [1.82, 2.24) is 0 Å². The fourth-order valence-electron chi connectivity index (χ4n) is 4.72. The van der Waals surface area contributed by atoms with Crippen molar-refractivity contribution in [2.75, 3.05) is 0 Å². The molecule has 3 heteroatoms. The summed E-state index contributed by atoms with van der Waals surface area (Å²) < 4.78 is 1.23. The van der Waals surface area contributed by atoms with E-state index in [4.69, 9.17) is 11.6 Å². The van der Waals surface area contributed by atoms with Crippen molar-refractivity contribution in [2.24, 2.45) is 29.6 Å². The van der Waals surface area contributed by atoms with Crippen LogP contribution in [-0.2, 0) is 0 Å². The predicted molar refractivity (Wildman–Crippen MR) is 76.7 cm³/mol. The van der Waals surface area contributed by atoms with Crippen molar-refractivity contribution >= 4 is 38.9 Å². The highest BCUT2D eigenvalue weighted by molar-refractivity contribution is 9.11. The summed E-state index contributed by atoms with van der Waals surface area (Å²) >= 11 is 12.2. The van der Waals surface area contributed by atoms with E-state index in [1.54, 1.807) is 0 Å². The first-order chi connectivity index (χ1) is 8.16. The Hall–Kier alpha value is 0.470. The standard InChI is InChI=1S/C14H16BrClS/c1-6-9(5-10(15)17-6)14(16)13-11-7-2-3-8(4-7)12(11)13/h5,7-8,11-14H,2-4H2,1H3. The van der Waals surface area contributed by atoms with Gasteiger partial charge in [0, 0.05) is 4.88 Å². The van der Waals surface area contributed by atoms with E-state index in [0.29, 0.717) is 0 Å². The minimum atomic E-state index is 0.274. The lowest BCUT2D eigenvalue weighted by atomic mass is 9.97. The molecule has 0 aromatic carbocycles. The number of alkyl halides is 1. The fourth-order valence-corrected chi connectivity index (χ4v) is 7.11. The Morgan fingerprint density at radius 3 is 2.53 bits per heavy atom. The van der Waals surface area contributed by atoms with Crippen LogP contribution in [0, 0.1) is 36.5 Å². The maximum absolute atomic E-state index is 6.77. The van der Waals surface area contributed by atoms with Crippen molar-refractivity contribution < 1.29 is 0 Å². The molecule has 2 bridgehead atoms. The molecule has 0 saturated heterocycles. The maximum atomic E-state index is 6.77. The molecule has 0 N–H and O–H groups in total. The van der Waals surface area contributed by atoms with Gasteiger partial charge in [0.05, 0.1) is 9.16 Å². The molecule has 0 radical (unpaired) electrons. The van der Waals surface area contributed by atoms with E-state index < -0.39 is 0 Å². The molecular weight excluding hydrogens is 316 g/mol. The Morgan fingerprint density at radius 2 is 2.00 bits per heavy atom. The quantitative estimate of drug-likeness (QED) is 0.637. The first-order valence-electron chi connectivity index (χ1n) is 6.56. The van der Waals surface area contributed by atoms with Crippen LogP contribution in [0.15, 0.2) is 9.85 Å². The Morgan fingerprint density at radius 1 is 1.35 bits per heavy atom. The summed E-state index contributed by atoms with van der Waals surface area (Å²) in [6.45, 7) is 2.20. The van der Waals surface area contributed by atoms with E-state index in [9.17, 15) is 0 Å². The minimum Gasteiger partial charge on any atom is -0.133 e. The summed E-state index contributed by atoms with van der Waals surface area (Å²) in [5, 5.41) is 0.274. The molecule has 0 nitrogen and oxygen atoms in total.